The summed E-state index contributed by atoms with van der Waals surface area (Å²) in [4.78, 5) is 37.4. The largest absolute Gasteiger partial charge is 0.481 e. The van der Waals surface area contributed by atoms with Gasteiger partial charge < -0.3 is 20.6 Å². The number of carbonyl (C=O) groups is 3. The third-order valence-electron chi connectivity index (χ3n) is 5.27. The molecule has 0 bridgehead atoms. The van der Waals surface area contributed by atoms with Crippen molar-refractivity contribution in [3.63, 3.8) is 0 Å². The number of terminal acetylenes is 1. The van der Waals surface area contributed by atoms with Crippen LogP contribution in [-0.2, 0) is 14.4 Å². The Bertz CT molecular complexity index is 551. The van der Waals surface area contributed by atoms with Crippen LogP contribution in [0.15, 0.2) is 0 Å². The summed E-state index contributed by atoms with van der Waals surface area (Å²) in [5.74, 6) is 1.38. The van der Waals surface area contributed by atoms with Crippen molar-refractivity contribution in [2.75, 3.05) is 26.2 Å². The predicted octanol–water partition coefficient (Wildman–Crippen LogP) is 0.598. The summed E-state index contributed by atoms with van der Waals surface area (Å²) >= 11 is 0. The second-order valence-electron chi connectivity index (χ2n) is 7.24. The molecule has 2 aliphatic rings. The van der Waals surface area contributed by atoms with Gasteiger partial charge in [-0.3, -0.25) is 14.4 Å². The fourth-order valence-corrected chi connectivity index (χ4v) is 3.69. The molecule has 2 heterocycles. The lowest BCUT2D eigenvalue weighted by molar-refractivity contribution is -0.137. The summed E-state index contributed by atoms with van der Waals surface area (Å²) in [5.41, 5.74) is 0. The lowest BCUT2D eigenvalue weighted by atomic mass is 9.92. The Balaban J connectivity index is 1.79. The third-order valence-corrected chi connectivity index (χ3v) is 5.27. The highest BCUT2D eigenvalue weighted by Gasteiger charge is 2.29. The molecule has 7 heteroatoms. The third kappa shape index (κ3) is 6.34. The summed E-state index contributed by atoms with van der Waals surface area (Å²) in [6, 6.07) is -0.814. The van der Waals surface area contributed by atoms with E-state index in [1.165, 1.54) is 0 Å². The van der Waals surface area contributed by atoms with Crippen molar-refractivity contribution >= 4 is 17.8 Å². The molecule has 2 amide bonds. The maximum Gasteiger partial charge on any atom is 0.306 e. The molecule has 2 atom stereocenters. The maximum atomic E-state index is 12.5. The highest BCUT2D eigenvalue weighted by atomic mass is 16.4. The lowest BCUT2D eigenvalue weighted by Crippen LogP contribution is -2.47. The number of aliphatic carboxylic acids is 1. The summed E-state index contributed by atoms with van der Waals surface area (Å²) in [6.45, 7) is 3.12. The molecule has 3 N–H and O–H groups in total. The quantitative estimate of drug-likeness (QED) is 0.575. The summed E-state index contributed by atoms with van der Waals surface area (Å²) in [7, 11) is 0. The maximum absolute atomic E-state index is 12.5. The molecule has 0 aromatic rings. The van der Waals surface area contributed by atoms with Gasteiger partial charge in [-0.05, 0) is 51.1 Å². The molecule has 2 saturated heterocycles. The number of hydrogen-bond acceptors (Lipinski definition) is 4. The minimum atomic E-state index is -1.05. The van der Waals surface area contributed by atoms with Crippen LogP contribution in [0, 0.1) is 24.2 Å². The van der Waals surface area contributed by atoms with Gasteiger partial charge in [0.1, 0.15) is 6.04 Å². The molecule has 0 aromatic heterocycles. The summed E-state index contributed by atoms with van der Waals surface area (Å²) < 4.78 is 0. The minimum absolute atomic E-state index is 0.111. The average molecular weight is 363 g/mol. The molecule has 2 aliphatic heterocycles. The van der Waals surface area contributed by atoms with Crippen LogP contribution in [0.3, 0.4) is 0 Å². The van der Waals surface area contributed by atoms with Crippen LogP contribution in [0.25, 0.3) is 0 Å². The number of carboxylic acids is 1. The molecule has 0 aliphatic carbocycles. The number of rotatable bonds is 7. The average Bonchev–Trinajstić information content (AvgIpc) is 2.66. The van der Waals surface area contributed by atoms with E-state index in [4.69, 9.17) is 11.5 Å². The Morgan fingerprint density at radius 2 is 2.00 bits per heavy atom. The first-order chi connectivity index (χ1) is 12.5. The first-order valence-corrected chi connectivity index (χ1v) is 9.46. The molecule has 0 saturated carbocycles. The highest BCUT2D eigenvalue weighted by Crippen LogP contribution is 2.21. The van der Waals surface area contributed by atoms with Crippen LogP contribution in [-0.4, -0.2) is 60.0 Å². The normalized spacial score (nSPS) is 22.3. The van der Waals surface area contributed by atoms with E-state index < -0.39 is 12.0 Å². The van der Waals surface area contributed by atoms with Crippen molar-refractivity contribution in [3.05, 3.63) is 0 Å². The van der Waals surface area contributed by atoms with Crippen LogP contribution in [0.4, 0.5) is 0 Å². The molecule has 0 aromatic carbocycles. The van der Waals surface area contributed by atoms with Crippen molar-refractivity contribution in [1.29, 1.82) is 0 Å². The summed E-state index contributed by atoms with van der Waals surface area (Å²) in [5, 5.41) is 14.8. The smallest absolute Gasteiger partial charge is 0.306 e. The molecule has 7 nitrogen and oxygen atoms in total. The van der Waals surface area contributed by atoms with E-state index in [0.717, 1.165) is 38.8 Å². The highest BCUT2D eigenvalue weighted by molar-refractivity contribution is 5.82. The lowest BCUT2D eigenvalue weighted by Gasteiger charge is -2.33. The van der Waals surface area contributed by atoms with E-state index in [0.29, 0.717) is 31.8 Å². The van der Waals surface area contributed by atoms with Gasteiger partial charge in [-0.25, -0.2) is 0 Å². The molecule has 0 spiro atoms. The second-order valence-corrected chi connectivity index (χ2v) is 7.24. The number of piperidine rings is 2. The zero-order valence-electron chi connectivity index (χ0n) is 15.2. The molecular formula is C19H29N3O4. The van der Waals surface area contributed by atoms with Gasteiger partial charge in [-0.1, -0.05) is 5.92 Å². The van der Waals surface area contributed by atoms with E-state index in [-0.39, 0.29) is 24.2 Å². The van der Waals surface area contributed by atoms with E-state index in [2.05, 4.69) is 16.6 Å². The van der Waals surface area contributed by atoms with Crippen molar-refractivity contribution in [1.82, 2.24) is 15.5 Å². The van der Waals surface area contributed by atoms with Gasteiger partial charge in [-0.15, -0.1) is 6.42 Å². The SMILES string of the molecule is C#C[C@@H](CC(=O)O)NC(=O)[C@H]1CCCN(C(=O)CCC2CCNCC2)C1. The molecule has 2 fully saturated rings. The van der Waals surface area contributed by atoms with Crippen molar-refractivity contribution in [2.24, 2.45) is 11.8 Å². The van der Waals surface area contributed by atoms with Crippen LogP contribution in [0.1, 0.15) is 44.9 Å². The van der Waals surface area contributed by atoms with Gasteiger partial charge in [0, 0.05) is 19.5 Å². The van der Waals surface area contributed by atoms with Crippen molar-refractivity contribution in [3.8, 4) is 12.3 Å². The van der Waals surface area contributed by atoms with Gasteiger partial charge in [0.15, 0.2) is 0 Å². The van der Waals surface area contributed by atoms with Crippen LogP contribution < -0.4 is 10.6 Å². The first kappa shape index (κ1) is 20.2. The molecule has 2 rings (SSSR count). The standard InChI is InChI=1S/C19H29N3O4/c1-2-16(12-18(24)25)21-19(26)15-4-3-11-22(13-15)17(23)6-5-14-7-9-20-10-8-14/h1,14-16,20H,3-13H2,(H,21,26)(H,24,25)/t15-,16-/m0/s1. The number of carbonyl (C=O) groups excluding carboxylic acids is 2. The number of nitrogens with zero attached hydrogens (tertiary/aromatic N) is 1. The van der Waals surface area contributed by atoms with E-state index in [1.54, 1.807) is 4.90 Å². The zero-order valence-corrected chi connectivity index (χ0v) is 15.2. The van der Waals surface area contributed by atoms with Gasteiger partial charge in [-0.2, -0.15) is 0 Å². The van der Waals surface area contributed by atoms with Crippen molar-refractivity contribution < 1.29 is 19.5 Å². The second kappa shape index (κ2) is 10.2. The molecule has 0 unspecified atom stereocenters. The topological polar surface area (TPSA) is 98.7 Å². The Morgan fingerprint density at radius 3 is 2.65 bits per heavy atom. The van der Waals surface area contributed by atoms with Crippen molar-refractivity contribution in [2.45, 2.75) is 51.0 Å². The monoisotopic (exact) mass is 363 g/mol. The minimum Gasteiger partial charge on any atom is -0.481 e. The van der Waals surface area contributed by atoms with Gasteiger partial charge >= 0.3 is 5.97 Å². The fourth-order valence-electron chi connectivity index (χ4n) is 3.69. The molecular weight excluding hydrogens is 334 g/mol. The van der Waals surface area contributed by atoms with Crippen LogP contribution in [0.2, 0.25) is 0 Å². The zero-order chi connectivity index (χ0) is 18.9. The Labute approximate surface area is 154 Å². The van der Waals surface area contributed by atoms with E-state index in [9.17, 15) is 14.4 Å². The summed E-state index contributed by atoms with van der Waals surface area (Å²) in [6.07, 6.45) is 10.1. The molecule has 144 valence electrons. The fraction of sp³-hybridized carbons (Fsp3) is 0.737. The molecule has 0 radical (unpaired) electrons. The number of nitrogens with one attached hydrogen (secondary N) is 2. The Hall–Kier alpha value is -2.07. The number of carboxylic acid groups (broad SMARTS) is 1. The van der Waals surface area contributed by atoms with Gasteiger partial charge in [0.05, 0.1) is 12.3 Å². The van der Waals surface area contributed by atoms with Gasteiger partial charge in [0.25, 0.3) is 0 Å². The molecule has 26 heavy (non-hydrogen) atoms. The number of amides is 2. The van der Waals surface area contributed by atoms with Crippen LogP contribution >= 0.6 is 0 Å². The van der Waals surface area contributed by atoms with Gasteiger partial charge in [0.2, 0.25) is 11.8 Å². The Kier molecular flexibility index (Phi) is 7.92. The van der Waals surface area contributed by atoms with Crippen LogP contribution in [0.5, 0.6) is 0 Å². The first-order valence-electron chi connectivity index (χ1n) is 9.46. The number of hydrogen-bond donors (Lipinski definition) is 3. The predicted molar refractivity (Wildman–Crippen MR) is 97.1 cm³/mol. The van der Waals surface area contributed by atoms with E-state index >= 15 is 0 Å². The van der Waals surface area contributed by atoms with E-state index in [1.807, 2.05) is 0 Å². The number of likely N-dealkylation sites (tertiary alicyclic amines) is 1. The Morgan fingerprint density at radius 1 is 1.27 bits per heavy atom.